The molecule has 0 radical (unpaired) electrons. The number of aromatic nitrogens is 2. The van der Waals surface area contributed by atoms with Crippen molar-refractivity contribution in [1.29, 1.82) is 0 Å². The van der Waals surface area contributed by atoms with Crippen molar-refractivity contribution in [2.24, 2.45) is 5.41 Å². The average molecular weight is 465 g/mol. The summed E-state index contributed by atoms with van der Waals surface area (Å²) < 4.78 is 12.8. The maximum absolute atomic E-state index is 13.1. The summed E-state index contributed by atoms with van der Waals surface area (Å²) in [5.41, 5.74) is 2.62. The fourth-order valence-electron chi connectivity index (χ4n) is 4.07. The lowest BCUT2D eigenvalue weighted by Gasteiger charge is -2.19. The standard InChI is InChI=1S/C26H32N4O4/c1-26(2,3)16-28-18-13-20-21(29-24(31)17-9-6-5-7-10-17)22(25(32)33-4)30(23(20)27-14-18)15-19-11-8-12-34-19/h5-7,9-10,13-14,19,28H,8,11-12,15-16H2,1-4H3,(H,29,31)/t19-/m1/s1. The van der Waals surface area contributed by atoms with Crippen LogP contribution < -0.4 is 10.6 Å². The van der Waals surface area contributed by atoms with Crippen LogP contribution in [0.2, 0.25) is 0 Å². The van der Waals surface area contributed by atoms with Crippen molar-refractivity contribution in [1.82, 2.24) is 9.55 Å². The molecule has 8 heteroatoms. The Labute approximate surface area is 199 Å². The van der Waals surface area contributed by atoms with Gasteiger partial charge in [0.1, 0.15) is 5.65 Å². The summed E-state index contributed by atoms with van der Waals surface area (Å²) in [7, 11) is 1.34. The largest absolute Gasteiger partial charge is 0.464 e. The zero-order valence-electron chi connectivity index (χ0n) is 20.2. The predicted octanol–water partition coefficient (Wildman–Crippen LogP) is 4.71. The lowest BCUT2D eigenvalue weighted by atomic mass is 9.97. The van der Waals surface area contributed by atoms with Gasteiger partial charge < -0.3 is 24.7 Å². The van der Waals surface area contributed by atoms with Crippen LogP contribution in [0.3, 0.4) is 0 Å². The van der Waals surface area contributed by atoms with Crippen molar-refractivity contribution in [3.63, 3.8) is 0 Å². The van der Waals surface area contributed by atoms with Gasteiger partial charge in [-0.15, -0.1) is 0 Å². The fraction of sp³-hybridized carbons (Fsp3) is 0.423. The molecule has 1 amide bonds. The molecule has 0 saturated carbocycles. The Hall–Kier alpha value is -3.39. The zero-order chi connectivity index (χ0) is 24.3. The molecule has 0 aliphatic carbocycles. The highest BCUT2D eigenvalue weighted by atomic mass is 16.5. The summed E-state index contributed by atoms with van der Waals surface area (Å²) in [6, 6.07) is 10.8. The molecule has 1 aliphatic heterocycles. The molecule has 2 aromatic heterocycles. The molecule has 2 N–H and O–H groups in total. The minimum Gasteiger partial charge on any atom is -0.464 e. The SMILES string of the molecule is COC(=O)c1c(NC(=O)c2ccccc2)c2cc(NCC(C)(C)C)cnc2n1C[C@H]1CCCO1. The molecule has 1 aliphatic rings. The van der Waals surface area contributed by atoms with Crippen LogP contribution in [-0.4, -0.2) is 47.8 Å². The monoisotopic (exact) mass is 464 g/mol. The van der Waals surface area contributed by atoms with Gasteiger partial charge in [0.2, 0.25) is 0 Å². The quantitative estimate of drug-likeness (QED) is 0.492. The first kappa shape index (κ1) is 23.8. The van der Waals surface area contributed by atoms with E-state index in [0.717, 1.165) is 25.1 Å². The van der Waals surface area contributed by atoms with Gasteiger partial charge in [-0.1, -0.05) is 39.0 Å². The lowest BCUT2D eigenvalue weighted by molar-refractivity contribution is 0.0580. The lowest BCUT2D eigenvalue weighted by Crippen LogP contribution is -2.21. The number of esters is 1. The average Bonchev–Trinajstić information content (AvgIpc) is 3.44. The number of carbonyl (C=O) groups is 2. The van der Waals surface area contributed by atoms with Gasteiger partial charge in [-0.2, -0.15) is 0 Å². The van der Waals surface area contributed by atoms with Crippen molar-refractivity contribution in [3.05, 3.63) is 53.9 Å². The number of fused-ring (bicyclic) bond motifs is 1. The van der Waals surface area contributed by atoms with E-state index in [1.807, 2.05) is 16.7 Å². The van der Waals surface area contributed by atoms with Gasteiger partial charge in [-0.25, -0.2) is 9.78 Å². The number of hydrogen-bond acceptors (Lipinski definition) is 6. The van der Waals surface area contributed by atoms with E-state index < -0.39 is 5.97 Å². The molecule has 0 bridgehead atoms. The maximum atomic E-state index is 13.1. The summed E-state index contributed by atoms with van der Waals surface area (Å²) in [5, 5.41) is 7.04. The second-order valence-electron chi connectivity index (χ2n) is 9.79. The van der Waals surface area contributed by atoms with Crippen LogP contribution in [0.15, 0.2) is 42.6 Å². The first-order valence-electron chi connectivity index (χ1n) is 11.6. The van der Waals surface area contributed by atoms with Crippen LogP contribution in [0.5, 0.6) is 0 Å². The van der Waals surface area contributed by atoms with E-state index in [-0.39, 0.29) is 23.1 Å². The van der Waals surface area contributed by atoms with Crippen LogP contribution in [0.25, 0.3) is 11.0 Å². The molecular formula is C26H32N4O4. The molecule has 180 valence electrons. The van der Waals surface area contributed by atoms with Crippen molar-refractivity contribution >= 4 is 34.3 Å². The summed E-state index contributed by atoms with van der Waals surface area (Å²) >= 11 is 0. The number of benzene rings is 1. The highest BCUT2D eigenvalue weighted by Gasteiger charge is 2.29. The van der Waals surface area contributed by atoms with Crippen molar-refractivity contribution < 1.29 is 19.1 Å². The van der Waals surface area contributed by atoms with E-state index >= 15 is 0 Å². The number of ether oxygens (including phenoxy) is 2. The Balaban J connectivity index is 1.83. The van der Waals surface area contributed by atoms with E-state index in [1.54, 1.807) is 30.5 Å². The normalized spacial score (nSPS) is 15.9. The van der Waals surface area contributed by atoms with Gasteiger partial charge in [-0.3, -0.25) is 4.79 Å². The van der Waals surface area contributed by atoms with Crippen molar-refractivity contribution in [2.45, 2.75) is 46.3 Å². The third-order valence-corrected chi connectivity index (χ3v) is 5.78. The number of anilines is 2. The Bertz CT molecular complexity index is 1170. The van der Waals surface area contributed by atoms with Crippen molar-refractivity contribution in [3.8, 4) is 0 Å². The smallest absolute Gasteiger partial charge is 0.356 e. The number of amides is 1. The zero-order valence-corrected chi connectivity index (χ0v) is 20.2. The second kappa shape index (κ2) is 9.85. The van der Waals surface area contributed by atoms with Crippen LogP contribution >= 0.6 is 0 Å². The van der Waals surface area contributed by atoms with Gasteiger partial charge in [0.05, 0.1) is 37.3 Å². The van der Waals surface area contributed by atoms with E-state index in [9.17, 15) is 9.59 Å². The van der Waals surface area contributed by atoms with Gasteiger partial charge in [-0.05, 0) is 36.5 Å². The molecule has 3 heterocycles. The van der Waals surface area contributed by atoms with Crippen LogP contribution in [0.4, 0.5) is 11.4 Å². The van der Waals surface area contributed by atoms with E-state index in [4.69, 9.17) is 9.47 Å². The Morgan fingerprint density at radius 2 is 2.00 bits per heavy atom. The summed E-state index contributed by atoms with van der Waals surface area (Å²) in [6.45, 7) is 8.32. The highest BCUT2D eigenvalue weighted by Crippen LogP contribution is 2.34. The molecule has 8 nitrogen and oxygen atoms in total. The number of nitrogens with one attached hydrogen (secondary N) is 2. The molecule has 1 aromatic carbocycles. The fourth-order valence-corrected chi connectivity index (χ4v) is 4.07. The third-order valence-electron chi connectivity index (χ3n) is 5.78. The van der Waals surface area contributed by atoms with Gasteiger partial charge in [0.25, 0.3) is 5.91 Å². The number of carbonyl (C=O) groups excluding carboxylic acids is 2. The minimum absolute atomic E-state index is 0.0304. The van der Waals surface area contributed by atoms with Gasteiger partial charge in [0, 0.05) is 24.1 Å². The molecule has 1 fully saturated rings. The number of hydrogen-bond donors (Lipinski definition) is 2. The number of methoxy groups -OCH3 is 1. The first-order valence-corrected chi connectivity index (χ1v) is 11.6. The molecule has 4 rings (SSSR count). The van der Waals surface area contributed by atoms with Crippen LogP contribution in [-0.2, 0) is 16.0 Å². The Morgan fingerprint density at radius 3 is 2.65 bits per heavy atom. The topological polar surface area (TPSA) is 94.5 Å². The Morgan fingerprint density at radius 1 is 1.24 bits per heavy atom. The minimum atomic E-state index is -0.538. The number of pyridine rings is 1. The van der Waals surface area contributed by atoms with Crippen LogP contribution in [0.1, 0.15) is 54.5 Å². The Kier molecular flexibility index (Phi) is 6.88. The third kappa shape index (κ3) is 5.22. The predicted molar refractivity (Wildman–Crippen MR) is 132 cm³/mol. The van der Waals surface area contributed by atoms with Crippen molar-refractivity contribution in [2.75, 3.05) is 30.9 Å². The number of nitrogens with zero attached hydrogens (tertiary/aromatic N) is 2. The van der Waals surface area contributed by atoms with Gasteiger partial charge >= 0.3 is 5.97 Å². The summed E-state index contributed by atoms with van der Waals surface area (Å²) in [6.07, 6.45) is 3.60. The molecule has 0 spiro atoms. The molecular weight excluding hydrogens is 432 g/mol. The molecule has 3 aromatic rings. The number of rotatable bonds is 7. The molecule has 1 atom stereocenters. The van der Waals surface area contributed by atoms with Crippen LogP contribution in [0, 0.1) is 5.41 Å². The van der Waals surface area contributed by atoms with E-state index in [0.29, 0.717) is 35.4 Å². The molecule has 34 heavy (non-hydrogen) atoms. The van der Waals surface area contributed by atoms with Gasteiger partial charge in [0.15, 0.2) is 5.69 Å². The van der Waals surface area contributed by atoms with E-state index in [1.165, 1.54) is 7.11 Å². The molecule has 1 saturated heterocycles. The maximum Gasteiger partial charge on any atom is 0.356 e. The second-order valence-corrected chi connectivity index (χ2v) is 9.79. The molecule has 0 unspecified atom stereocenters. The van der Waals surface area contributed by atoms with E-state index in [2.05, 4.69) is 36.4 Å². The first-order chi connectivity index (χ1) is 16.3. The summed E-state index contributed by atoms with van der Waals surface area (Å²) in [4.78, 5) is 30.8. The highest BCUT2D eigenvalue weighted by molar-refractivity contribution is 6.14. The summed E-state index contributed by atoms with van der Waals surface area (Å²) in [5.74, 6) is -0.849.